The summed E-state index contributed by atoms with van der Waals surface area (Å²) in [5, 5.41) is 8.73. The lowest BCUT2D eigenvalue weighted by Crippen LogP contribution is -2.32. The van der Waals surface area contributed by atoms with Crippen LogP contribution in [-0.4, -0.2) is 35.8 Å². The number of hydrogen-bond donors (Lipinski definition) is 1. The number of hydrogen-bond acceptors (Lipinski definition) is 4. The van der Waals surface area contributed by atoms with E-state index in [-0.39, 0.29) is 12.5 Å². The predicted octanol–water partition coefficient (Wildman–Crippen LogP) is 1.78. The fourth-order valence-electron chi connectivity index (χ4n) is 1.59. The molecule has 0 aliphatic carbocycles. The van der Waals surface area contributed by atoms with E-state index in [1.54, 1.807) is 13.3 Å². The van der Waals surface area contributed by atoms with Crippen LogP contribution in [0.2, 0.25) is 0 Å². The van der Waals surface area contributed by atoms with Gasteiger partial charge in [0, 0.05) is 30.5 Å². The van der Waals surface area contributed by atoms with E-state index in [0.29, 0.717) is 12.4 Å². The standard InChI is InChI=1S/C12H18N2O3/c1-9(2)14(7-5-12(15)16)10-4-6-13-11(8-10)17-3/h4,6,8-9H,5,7H2,1-3H3,(H,15,16). The van der Waals surface area contributed by atoms with Crippen LogP contribution >= 0.6 is 0 Å². The highest BCUT2D eigenvalue weighted by Crippen LogP contribution is 2.20. The third kappa shape index (κ3) is 3.94. The Morgan fingerprint density at radius 2 is 2.29 bits per heavy atom. The molecule has 0 spiro atoms. The molecule has 0 bridgehead atoms. The lowest BCUT2D eigenvalue weighted by molar-refractivity contribution is -0.136. The molecule has 0 amide bonds. The Bertz CT molecular complexity index is 380. The molecule has 0 aliphatic heterocycles. The van der Waals surface area contributed by atoms with Gasteiger partial charge in [0.1, 0.15) is 0 Å². The number of aliphatic carboxylic acids is 1. The van der Waals surface area contributed by atoms with Crippen LogP contribution in [0.3, 0.4) is 0 Å². The molecule has 5 nitrogen and oxygen atoms in total. The Morgan fingerprint density at radius 1 is 1.59 bits per heavy atom. The van der Waals surface area contributed by atoms with Gasteiger partial charge >= 0.3 is 5.97 Å². The van der Waals surface area contributed by atoms with Crippen LogP contribution < -0.4 is 9.64 Å². The summed E-state index contributed by atoms with van der Waals surface area (Å²) in [5.41, 5.74) is 0.924. The number of anilines is 1. The lowest BCUT2D eigenvalue weighted by Gasteiger charge is -2.28. The predicted molar refractivity (Wildman–Crippen MR) is 65.5 cm³/mol. The highest BCUT2D eigenvalue weighted by atomic mass is 16.5. The average molecular weight is 238 g/mol. The van der Waals surface area contributed by atoms with Gasteiger partial charge in [-0.2, -0.15) is 0 Å². The summed E-state index contributed by atoms with van der Waals surface area (Å²) in [4.78, 5) is 16.7. The Labute approximate surface area is 101 Å². The van der Waals surface area contributed by atoms with E-state index in [4.69, 9.17) is 9.84 Å². The number of methoxy groups -OCH3 is 1. The smallest absolute Gasteiger partial charge is 0.305 e. The van der Waals surface area contributed by atoms with Crippen LogP contribution in [0.4, 0.5) is 5.69 Å². The fourth-order valence-corrected chi connectivity index (χ4v) is 1.59. The molecule has 0 saturated heterocycles. The summed E-state index contributed by atoms with van der Waals surface area (Å²) >= 11 is 0. The van der Waals surface area contributed by atoms with Crippen molar-refractivity contribution < 1.29 is 14.6 Å². The fraction of sp³-hybridized carbons (Fsp3) is 0.500. The minimum atomic E-state index is -0.795. The van der Waals surface area contributed by atoms with E-state index in [1.165, 1.54) is 0 Å². The number of rotatable bonds is 6. The highest BCUT2D eigenvalue weighted by molar-refractivity contribution is 5.67. The molecule has 0 aliphatic rings. The first-order valence-electron chi connectivity index (χ1n) is 5.53. The molecule has 0 aromatic carbocycles. The number of carboxylic acid groups (broad SMARTS) is 1. The first kappa shape index (κ1) is 13.3. The number of carboxylic acids is 1. The van der Waals surface area contributed by atoms with Crippen molar-refractivity contribution in [3.8, 4) is 5.88 Å². The molecule has 1 aromatic heterocycles. The third-order valence-corrected chi connectivity index (χ3v) is 2.45. The quantitative estimate of drug-likeness (QED) is 0.818. The Morgan fingerprint density at radius 3 is 2.82 bits per heavy atom. The van der Waals surface area contributed by atoms with Gasteiger partial charge in [-0.15, -0.1) is 0 Å². The van der Waals surface area contributed by atoms with Crippen LogP contribution in [0.25, 0.3) is 0 Å². The summed E-state index contributed by atoms with van der Waals surface area (Å²) in [6, 6.07) is 3.88. The van der Waals surface area contributed by atoms with Crippen molar-refractivity contribution in [2.45, 2.75) is 26.3 Å². The van der Waals surface area contributed by atoms with Gasteiger partial charge in [0.2, 0.25) is 5.88 Å². The topological polar surface area (TPSA) is 62.7 Å². The number of pyridine rings is 1. The van der Waals surface area contributed by atoms with Crippen molar-refractivity contribution in [1.29, 1.82) is 0 Å². The van der Waals surface area contributed by atoms with Crippen LogP contribution in [0.5, 0.6) is 5.88 Å². The largest absolute Gasteiger partial charge is 0.481 e. The van der Waals surface area contributed by atoms with E-state index in [1.807, 2.05) is 30.9 Å². The van der Waals surface area contributed by atoms with Crippen molar-refractivity contribution in [3.05, 3.63) is 18.3 Å². The molecule has 0 atom stereocenters. The number of nitrogens with zero attached hydrogens (tertiary/aromatic N) is 2. The van der Waals surface area contributed by atoms with Gasteiger partial charge in [-0.05, 0) is 19.9 Å². The van der Waals surface area contributed by atoms with E-state index in [9.17, 15) is 4.79 Å². The van der Waals surface area contributed by atoms with E-state index in [2.05, 4.69) is 4.98 Å². The molecule has 1 N–H and O–H groups in total. The van der Waals surface area contributed by atoms with E-state index < -0.39 is 5.97 Å². The molecular formula is C12H18N2O3. The van der Waals surface area contributed by atoms with Gasteiger partial charge in [0.05, 0.1) is 13.5 Å². The molecule has 0 radical (unpaired) electrons. The third-order valence-electron chi connectivity index (χ3n) is 2.45. The average Bonchev–Trinajstić information content (AvgIpc) is 2.28. The minimum Gasteiger partial charge on any atom is -0.481 e. The lowest BCUT2D eigenvalue weighted by atomic mass is 10.2. The Balaban J connectivity index is 2.84. The summed E-state index contributed by atoms with van der Waals surface area (Å²) in [5.74, 6) is -0.264. The zero-order valence-corrected chi connectivity index (χ0v) is 10.4. The van der Waals surface area contributed by atoms with Gasteiger partial charge in [0.25, 0.3) is 0 Å². The SMILES string of the molecule is COc1cc(N(CCC(=O)O)C(C)C)ccn1. The first-order chi connectivity index (χ1) is 8.04. The Hall–Kier alpha value is -1.78. The van der Waals surface area contributed by atoms with Crippen LogP contribution in [0.15, 0.2) is 18.3 Å². The van der Waals surface area contributed by atoms with E-state index >= 15 is 0 Å². The molecule has 1 heterocycles. The second-order valence-corrected chi connectivity index (χ2v) is 3.99. The summed E-state index contributed by atoms with van der Waals surface area (Å²) in [6.07, 6.45) is 1.77. The molecule has 94 valence electrons. The maximum absolute atomic E-state index is 10.6. The van der Waals surface area contributed by atoms with Gasteiger partial charge < -0.3 is 14.7 Å². The van der Waals surface area contributed by atoms with Crippen LogP contribution in [0.1, 0.15) is 20.3 Å². The van der Waals surface area contributed by atoms with Gasteiger partial charge in [-0.1, -0.05) is 0 Å². The summed E-state index contributed by atoms with van der Waals surface area (Å²) in [7, 11) is 1.56. The van der Waals surface area contributed by atoms with Crippen molar-refractivity contribution in [2.75, 3.05) is 18.6 Å². The van der Waals surface area contributed by atoms with Crippen molar-refractivity contribution in [3.63, 3.8) is 0 Å². The molecule has 0 fully saturated rings. The molecule has 0 unspecified atom stereocenters. The van der Waals surface area contributed by atoms with Gasteiger partial charge in [-0.25, -0.2) is 4.98 Å². The molecular weight excluding hydrogens is 220 g/mol. The molecule has 17 heavy (non-hydrogen) atoms. The van der Waals surface area contributed by atoms with Crippen LogP contribution in [0, 0.1) is 0 Å². The normalized spacial score (nSPS) is 10.4. The summed E-state index contributed by atoms with van der Waals surface area (Å²) in [6.45, 7) is 4.52. The highest BCUT2D eigenvalue weighted by Gasteiger charge is 2.13. The summed E-state index contributed by atoms with van der Waals surface area (Å²) < 4.78 is 5.06. The van der Waals surface area contributed by atoms with Crippen molar-refractivity contribution >= 4 is 11.7 Å². The molecule has 0 saturated carbocycles. The molecule has 5 heteroatoms. The van der Waals surface area contributed by atoms with Gasteiger partial charge in [-0.3, -0.25) is 4.79 Å². The zero-order valence-electron chi connectivity index (χ0n) is 10.4. The second kappa shape index (κ2) is 6.08. The number of ether oxygens (including phenoxy) is 1. The van der Waals surface area contributed by atoms with Crippen LogP contribution in [-0.2, 0) is 4.79 Å². The minimum absolute atomic E-state index is 0.114. The molecule has 1 rings (SSSR count). The van der Waals surface area contributed by atoms with Crippen molar-refractivity contribution in [2.24, 2.45) is 0 Å². The monoisotopic (exact) mass is 238 g/mol. The van der Waals surface area contributed by atoms with Gasteiger partial charge in [0.15, 0.2) is 0 Å². The zero-order chi connectivity index (χ0) is 12.8. The maximum Gasteiger partial charge on any atom is 0.305 e. The van der Waals surface area contributed by atoms with E-state index in [0.717, 1.165) is 5.69 Å². The number of aromatic nitrogens is 1. The van der Waals surface area contributed by atoms with Crippen molar-refractivity contribution in [1.82, 2.24) is 4.98 Å². The maximum atomic E-state index is 10.6. The molecule has 1 aromatic rings. The number of carbonyl (C=O) groups is 1. The first-order valence-corrected chi connectivity index (χ1v) is 5.53. The Kier molecular flexibility index (Phi) is 4.75. The second-order valence-electron chi connectivity index (χ2n) is 3.99.